The van der Waals surface area contributed by atoms with E-state index in [2.05, 4.69) is 4.74 Å². The maximum Gasteiger partial charge on any atom is 0.315 e. The van der Waals surface area contributed by atoms with Crippen LogP contribution >= 0.6 is 11.8 Å². The average molecular weight is 220 g/mol. The van der Waals surface area contributed by atoms with Crippen LogP contribution in [0.2, 0.25) is 0 Å². The zero-order chi connectivity index (χ0) is 11.4. The number of thioether (sulfide) groups is 1. The Morgan fingerprint density at radius 2 is 2.00 bits per heavy atom. The van der Waals surface area contributed by atoms with E-state index < -0.39 is 16.7 Å². The molecule has 1 amide bonds. The van der Waals surface area contributed by atoms with E-state index in [1.54, 1.807) is 13.8 Å². The SMILES string of the molecule is COC(=O)CSC(C)(C)C(N)C(N)=O. The molecule has 0 rings (SSSR count). The fourth-order valence-electron chi connectivity index (χ4n) is 0.736. The van der Waals surface area contributed by atoms with Gasteiger partial charge in [0, 0.05) is 4.75 Å². The highest BCUT2D eigenvalue weighted by Crippen LogP contribution is 2.26. The lowest BCUT2D eigenvalue weighted by molar-refractivity contribution is -0.137. The first-order chi connectivity index (χ1) is 6.31. The molecule has 0 aromatic rings. The van der Waals surface area contributed by atoms with Crippen LogP contribution in [0.15, 0.2) is 0 Å². The van der Waals surface area contributed by atoms with Gasteiger partial charge >= 0.3 is 5.97 Å². The molecule has 1 atom stereocenters. The van der Waals surface area contributed by atoms with E-state index in [-0.39, 0.29) is 11.7 Å². The van der Waals surface area contributed by atoms with Crippen molar-refractivity contribution < 1.29 is 14.3 Å². The topological polar surface area (TPSA) is 95.4 Å². The molecule has 5 nitrogen and oxygen atoms in total. The van der Waals surface area contributed by atoms with Crippen LogP contribution in [0.5, 0.6) is 0 Å². The number of nitrogens with two attached hydrogens (primary N) is 2. The van der Waals surface area contributed by atoms with E-state index in [0.29, 0.717) is 0 Å². The van der Waals surface area contributed by atoms with Crippen molar-refractivity contribution in [3.05, 3.63) is 0 Å². The lowest BCUT2D eigenvalue weighted by Gasteiger charge is -2.28. The highest BCUT2D eigenvalue weighted by atomic mass is 32.2. The Kier molecular flexibility index (Phi) is 4.93. The Labute approximate surface area is 87.5 Å². The summed E-state index contributed by atoms with van der Waals surface area (Å²) in [7, 11) is 1.31. The van der Waals surface area contributed by atoms with Gasteiger partial charge in [0.1, 0.15) is 0 Å². The van der Waals surface area contributed by atoms with Crippen LogP contribution in [0.3, 0.4) is 0 Å². The number of hydrogen-bond donors (Lipinski definition) is 2. The van der Waals surface area contributed by atoms with E-state index >= 15 is 0 Å². The molecule has 0 bridgehead atoms. The molecule has 0 aromatic carbocycles. The molecule has 82 valence electrons. The van der Waals surface area contributed by atoms with E-state index in [0.717, 1.165) is 0 Å². The average Bonchev–Trinajstić information content (AvgIpc) is 2.12. The molecule has 14 heavy (non-hydrogen) atoms. The summed E-state index contributed by atoms with van der Waals surface area (Å²) >= 11 is 1.25. The third-order valence-electron chi connectivity index (χ3n) is 1.85. The van der Waals surface area contributed by atoms with E-state index in [1.807, 2.05) is 0 Å². The lowest BCUT2D eigenvalue weighted by atomic mass is 10.0. The summed E-state index contributed by atoms with van der Waals surface area (Å²) in [6.45, 7) is 3.52. The molecule has 4 N–H and O–H groups in total. The molecule has 0 heterocycles. The normalized spacial score (nSPS) is 13.4. The second-order valence-electron chi connectivity index (χ2n) is 3.35. The van der Waals surface area contributed by atoms with Crippen molar-refractivity contribution in [2.24, 2.45) is 11.5 Å². The molecule has 0 spiro atoms. The van der Waals surface area contributed by atoms with Gasteiger partial charge in [-0.05, 0) is 13.8 Å². The zero-order valence-electron chi connectivity index (χ0n) is 8.57. The van der Waals surface area contributed by atoms with Gasteiger partial charge in [-0.25, -0.2) is 0 Å². The molecule has 0 aliphatic rings. The van der Waals surface area contributed by atoms with E-state index in [4.69, 9.17) is 11.5 Å². The number of hydrogen-bond acceptors (Lipinski definition) is 5. The summed E-state index contributed by atoms with van der Waals surface area (Å²) in [5.74, 6) is -0.767. The summed E-state index contributed by atoms with van der Waals surface area (Å²) in [5, 5.41) is 0. The molecule has 0 aliphatic heterocycles. The van der Waals surface area contributed by atoms with Gasteiger partial charge in [0.15, 0.2) is 0 Å². The third kappa shape index (κ3) is 3.97. The van der Waals surface area contributed by atoms with E-state index in [9.17, 15) is 9.59 Å². The first kappa shape index (κ1) is 13.2. The Hall–Kier alpha value is -0.750. The Morgan fingerprint density at radius 1 is 1.50 bits per heavy atom. The second kappa shape index (κ2) is 5.21. The summed E-state index contributed by atoms with van der Waals surface area (Å²) in [4.78, 5) is 21.7. The monoisotopic (exact) mass is 220 g/mol. The number of amides is 1. The summed E-state index contributed by atoms with van der Waals surface area (Å²) < 4.78 is 3.90. The molecular weight excluding hydrogens is 204 g/mol. The first-order valence-electron chi connectivity index (χ1n) is 4.07. The number of esters is 1. The molecule has 1 unspecified atom stereocenters. The van der Waals surface area contributed by atoms with Gasteiger partial charge in [0.25, 0.3) is 0 Å². The third-order valence-corrected chi connectivity index (χ3v) is 3.22. The highest BCUT2D eigenvalue weighted by molar-refractivity contribution is 8.01. The second-order valence-corrected chi connectivity index (χ2v) is 4.98. The predicted octanol–water partition coefficient (Wildman–Crippen LogP) is -0.516. The summed E-state index contributed by atoms with van der Waals surface area (Å²) in [6.07, 6.45) is 0. The smallest absolute Gasteiger partial charge is 0.315 e. The van der Waals surface area contributed by atoms with Crippen LogP contribution in [0.25, 0.3) is 0 Å². The highest BCUT2D eigenvalue weighted by Gasteiger charge is 2.31. The molecule has 0 aromatic heterocycles. The minimum atomic E-state index is -0.780. The molecule has 0 aliphatic carbocycles. The van der Waals surface area contributed by atoms with Crippen molar-refractivity contribution in [1.29, 1.82) is 0 Å². The van der Waals surface area contributed by atoms with Gasteiger partial charge in [0.05, 0.1) is 18.9 Å². The number of rotatable bonds is 5. The first-order valence-corrected chi connectivity index (χ1v) is 5.05. The van der Waals surface area contributed by atoms with Crippen molar-refractivity contribution in [3.8, 4) is 0 Å². The quantitative estimate of drug-likeness (QED) is 0.608. The minimum Gasteiger partial charge on any atom is -0.468 e. The maximum atomic E-state index is 10.9. The predicted molar refractivity (Wildman–Crippen MR) is 55.7 cm³/mol. The van der Waals surface area contributed by atoms with Crippen molar-refractivity contribution in [3.63, 3.8) is 0 Å². The fraction of sp³-hybridized carbons (Fsp3) is 0.750. The molecular formula is C8H16N2O3S. The lowest BCUT2D eigenvalue weighted by Crippen LogP contribution is -2.50. The molecule has 0 saturated heterocycles. The van der Waals surface area contributed by atoms with Gasteiger partial charge in [-0.2, -0.15) is 0 Å². The van der Waals surface area contributed by atoms with Crippen LogP contribution in [-0.4, -0.2) is 35.5 Å². The van der Waals surface area contributed by atoms with Gasteiger partial charge in [0.2, 0.25) is 5.91 Å². The van der Waals surface area contributed by atoms with Crippen molar-refractivity contribution in [2.45, 2.75) is 24.6 Å². The summed E-state index contributed by atoms with van der Waals surface area (Å²) in [5.41, 5.74) is 10.6. The Balaban J connectivity index is 4.19. The fourth-order valence-corrected chi connectivity index (χ4v) is 1.64. The van der Waals surface area contributed by atoms with Gasteiger partial charge < -0.3 is 16.2 Å². The molecule has 0 fully saturated rings. The van der Waals surface area contributed by atoms with Crippen LogP contribution < -0.4 is 11.5 Å². The standard InChI is InChI=1S/C8H16N2O3S/c1-8(2,6(9)7(10)12)14-4-5(11)13-3/h6H,4,9H2,1-3H3,(H2,10,12). The number of ether oxygens (including phenoxy) is 1. The van der Waals surface area contributed by atoms with E-state index in [1.165, 1.54) is 18.9 Å². The van der Waals surface area contributed by atoms with Crippen LogP contribution in [0.1, 0.15) is 13.8 Å². The molecule has 0 radical (unpaired) electrons. The zero-order valence-corrected chi connectivity index (χ0v) is 9.39. The van der Waals surface area contributed by atoms with Crippen LogP contribution in [0.4, 0.5) is 0 Å². The number of primary amides is 1. The number of carbonyl (C=O) groups excluding carboxylic acids is 2. The van der Waals surface area contributed by atoms with Gasteiger partial charge in [-0.3, -0.25) is 9.59 Å². The van der Waals surface area contributed by atoms with Crippen molar-refractivity contribution in [2.75, 3.05) is 12.9 Å². The van der Waals surface area contributed by atoms with Gasteiger partial charge in [-0.1, -0.05) is 0 Å². The molecule has 0 saturated carbocycles. The minimum absolute atomic E-state index is 0.157. The largest absolute Gasteiger partial charge is 0.468 e. The van der Waals surface area contributed by atoms with Crippen LogP contribution in [0, 0.1) is 0 Å². The number of methoxy groups -OCH3 is 1. The Morgan fingerprint density at radius 3 is 2.36 bits per heavy atom. The van der Waals surface area contributed by atoms with Crippen LogP contribution in [-0.2, 0) is 14.3 Å². The molecule has 6 heteroatoms. The van der Waals surface area contributed by atoms with Crippen molar-refractivity contribution in [1.82, 2.24) is 0 Å². The van der Waals surface area contributed by atoms with Gasteiger partial charge in [-0.15, -0.1) is 11.8 Å². The number of carbonyl (C=O) groups is 2. The summed E-state index contributed by atoms with van der Waals surface area (Å²) in [6, 6.07) is -0.780. The Bertz CT molecular complexity index is 231. The van der Waals surface area contributed by atoms with Crippen molar-refractivity contribution >= 4 is 23.6 Å². The maximum absolute atomic E-state index is 10.9.